The van der Waals surface area contributed by atoms with Gasteiger partial charge in [0.1, 0.15) is 6.54 Å². The molecule has 1 aromatic heterocycles. The molecule has 6 heteroatoms. The molecule has 1 N–H and O–H groups in total. The van der Waals surface area contributed by atoms with E-state index in [4.69, 9.17) is 0 Å². The molecule has 26 heavy (non-hydrogen) atoms. The van der Waals surface area contributed by atoms with E-state index in [2.05, 4.69) is 5.32 Å². The Morgan fingerprint density at radius 2 is 1.62 bits per heavy atom. The summed E-state index contributed by atoms with van der Waals surface area (Å²) in [5.41, 5.74) is 1.08. The second-order valence-electron chi connectivity index (χ2n) is 5.96. The van der Waals surface area contributed by atoms with Gasteiger partial charge >= 0.3 is 11.1 Å². The second-order valence-corrected chi connectivity index (χ2v) is 5.96. The smallest absolute Gasteiger partial charge is 0.320 e. The molecule has 1 heterocycles. The van der Waals surface area contributed by atoms with Crippen molar-refractivity contribution in [1.29, 1.82) is 0 Å². The number of benzene rings is 2. The normalized spacial score (nSPS) is 10.5. The topological polar surface area (TPSA) is 73.1 Å². The van der Waals surface area contributed by atoms with Crippen molar-refractivity contribution in [2.45, 2.75) is 20.0 Å². The highest BCUT2D eigenvalue weighted by Crippen LogP contribution is 2.09. The molecule has 0 radical (unpaired) electrons. The van der Waals surface area contributed by atoms with Gasteiger partial charge < -0.3 is 5.32 Å². The van der Waals surface area contributed by atoms with Crippen molar-refractivity contribution >= 4 is 5.91 Å². The van der Waals surface area contributed by atoms with Crippen LogP contribution < -0.4 is 16.4 Å². The predicted octanol–water partition coefficient (Wildman–Crippen LogP) is 1.62. The van der Waals surface area contributed by atoms with Crippen LogP contribution in [-0.4, -0.2) is 15.0 Å². The highest BCUT2D eigenvalue weighted by atomic mass is 16.2. The number of rotatable bonds is 5. The lowest BCUT2D eigenvalue weighted by atomic mass is 10.2. The third-order valence-electron chi connectivity index (χ3n) is 4.08. The first kappa shape index (κ1) is 17.4. The van der Waals surface area contributed by atoms with Crippen molar-refractivity contribution in [2.24, 2.45) is 0 Å². The Labute approximate surface area is 150 Å². The van der Waals surface area contributed by atoms with E-state index >= 15 is 0 Å². The molecule has 3 rings (SSSR count). The zero-order valence-corrected chi connectivity index (χ0v) is 14.4. The fourth-order valence-electron chi connectivity index (χ4n) is 2.66. The lowest BCUT2D eigenvalue weighted by molar-refractivity contribution is -0.121. The van der Waals surface area contributed by atoms with Crippen LogP contribution in [0.4, 0.5) is 0 Å². The number of hydrogen-bond donors (Lipinski definition) is 1. The van der Waals surface area contributed by atoms with Crippen LogP contribution in [-0.2, 0) is 17.9 Å². The van der Waals surface area contributed by atoms with Crippen LogP contribution in [0, 0.1) is 6.92 Å². The maximum Gasteiger partial charge on any atom is 0.320 e. The van der Waals surface area contributed by atoms with Crippen molar-refractivity contribution in [3.8, 4) is 5.69 Å². The highest BCUT2D eigenvalue weighted by molar-refractivity contribution is 5.75. The van der Waals surface area contributed by atoms with Gasteiger partial charge in [-0.15, -0.1) is 0 Å². The highest BCUT2D eigenvalue weighted by Gasteiger charge is 2.10. The van der Waals surface area contributed by atoms with E-state index in [-0.39, 0.29) is 12.5 Å². The molecule has 0 aliphatic carbocycles. The van der Waals surface area contributed by atoms with Gasteiger partial charge in [0.05, 0.1) is 5.69 Å². The fraction of sp³-hybridized carbons (Fsp3) is 0.150. The van der Waals surface area contributed by atoms with Crippen molar-refractivity contribution in [3.63, 3.8) is 0 Å². The first-order valence-corrected chi connectivity index (χ1v) is 8.25. The molecule has 2 aromatic carbocycles. The lowest BCUT2D eigenvalue weighted by Crippen LogP contribution is -2.42. The molecular weight excluding hydrogens is 330 g/mol. The molecule has 0 spiro atoms. The van der Waals surface area contributed by atoms with Crippen molar-refractivity contribution in [1.82, 2.24) is 14.5 Å². The van der Waals surface area contributed by atoms with Crippen LogP contribution in [0.15, 0.2) is 76.6 Å². The van der Waals surface area contributed by atoms with Gasteiger partial charge in [0.2, 0.25) is 5.91 Å². The summed E-state index contributed by atoms with van der Waals surface area (Å²) in [6.45, 7) is 2.04. The van der Waals surface area contributed by atoms with Crippen LogP contribution in [0.1, 0.15) is 11.1 Å². The Balaban J connectivity index is 1.76. The van der Waals surface area contributed by atoms with Gasteiger partial charge in [-0.3, -0.25) is 23.5 Å². The zero-order valence-electron chi connectivity index (χ0n) is 14.4. The van der Waals surface area contributed by atoms with E-state index in [1.807, 2.05) is 49.4 Å². The minimum Gasteiger partial charge on any atom is -0.350 e. The number of nitrogens with zero attached hydrogens (tertiary/aromatic N) is 2. The zero-order chi connectivity index (χ0) is 18.5. The SMILES string of the molecule is Cc1ccccc1-n1ccn(CC(=O)NCc2ccccc2)c(=O)c1=O. The summed E-state index contributed by atoms with van der Waals surface area (Å²) in [6.07, 6.45) is 2.97. The van der Waals surface area contributed by atoms with Gasteiger partial charge in [0, 0.05) is 18.9 Å². The van der Waals surface area contributed by atoms with E-state index in [0.29, 0.717) is 12.2 Å². The largest absolute Gasteiger partial charge is 0.350 e. The predicted molar refractivity (Wildman–Crippen MR) is 99.3 cm³/mol. The molecule has 0 fully saturated rings. The van der Waals surface area contributed by atoms with Crippen LogP contribution in [0.5, 0.6) is 0 Å². The van der Waals surface area contributed by atoms with E-state index in [0.717, 1.165) is 15.7 Å². The first-order chi connectivity index (χ1) is 12.6. The molecule has 0 unspecified atom stereocenters. The number of para-hydroxylation sites is 1. The first-order valence-electron chi connectivity index (χ1n) is 8.25. The lowest BCUT2D eigenvalue weighted by Gasteiger charge is -2.11. The summed E-state index contributed by atoms with van der Waals surface area (Å²) in [6, 6.07) is 16.8. The summed E-state index contributed by atoms with van der Waals surface area (Å²) in [7, 11) is 0. The van der Waals surface area contributed by atoms with Crippen molar-refractivity contribution in [3.05, 3.63) is 98.8 Å². The third kappa shape index (κ3) is 3.80. The molecule has 132 valence electrons. The summed E-state index contributed by atoms with van der Waals surface area (Å²) in [5, 5.41) is 2.74. The number of nitrogens with one attached hydrogen (secondary N) is 1. The Hall–Kier alpha value is -3.41. The van der Waals surface area contributed by atoms with Gasteiger partial charge in [-0.2, -0.15) is 0 Å². The standard InChI is InChI=1S/C20H19N3O3/c1-15-7-5-6-10-17(15)23-12-11-22(19(25)20(23)26)14-18(24)21-13-16-8-3-2-4-9-16/h2-12H,13-14H2,1H3,(H,21,24). The van der Waals surface area contributed by atoms with E-state index in [1.165, 1.54) is 17.0 Å². The summed E-state index contributed by atoms with van der Waals surface area (Å²) in [4.78, 5) is 36.8. The van der Waals surface area contributed by atoms with Crippen molar-refractivity contribution < 1.29 is 4.79 Å². The molecule has 0 aliphatic rings. The van der Waals surface area contributed by atoms with Crippen LogP contribution in [0.2, 0.25) is 0 Å². The van der Waals surface area contributed by atoms with E-state index in [9.17, 15) is 14.4 Å². The number of hydrogen-bond acceptors (Lipinski definition) is 3. The third-order valence-corrected chi connectivity index (χ3v) is 4.08. The van der Waals surface area contributed by atoms with E-state index < -0.39 is 11.1 Å². The maximum absolute atomic E-state index is 12.4. The number of carbonyl (C=O) groups excluding carboxylic acids is 1. The van der Waals surface area contributed by atoms with Crippen LogP contribution >= 0.6 is 0 Å². The Bertz CT molecular complexity index is 1040. The summed E-state index contributed by atoms with van der Waals surface area (Å²) < 4.78 is 2.42. The average Bonchev–Trinajstić information content (AvgIpc) is 2.66. The Kier molecular flexibility index (Phi) is 5.12. The molecule has 0 aliphatic heterocycles. The summed E-state index contributed by atoms with van der Waals surface area (Å²) >= 11 is 0. The van der Waals surface area contributed by atoms with Crippen molar-refractivity contribution in [2.75, 3.05) is 0 Å². The molecule has 6 nitrogen and oxygen atoms in total. The number of aryl methyl sites for hydroxylation is 1. The Morgan fingerprint density at radius 1 is 0.923 bits per heavy atom. The summed E-state index contributed by atoms with van der Waals surface area (Å²) in [5.74, 6) is -0.330. The van der Waals surface area contributed by atoms with Gasteiger partial charge in [-0.25, -0.2) is 0 Å². The monoisotopic (exact) mass is 349 g/mol. The minimum absolute atomic E-state index is 0.199. The quantitative estimate of drug-likeness (QED) is 0.712. The van der Waals surface area contributed by atoms with Gasteiger partial charge in [-0.1, -0.05) is 48.5 Å². The molecule has 0 saturated carbocycles. The average molecular weight is 349 g/mol. The second kappa shape index (κ2) is 7.65. The van der Waals surface area contributed by atoms with E-state index in [1.54, 1.807) is 12.1 Å². The number of aromatic nitrogens is 2. The van der Waals surface area contributed by atoms with Gasteiger partial charge in [0.15, 0.2) is 0 Å². The van der Waals surface area contributed by atoms with Crippen LogP contribution in [0.25, 0.3) is 5.69 Å². The van der Waals surface area contributed by atoms with Gasteiger partial charge in [0.25, 0.3) is 0 Å². The maximum atomic E-state index is 12.4. The molecule has 0 bridgehead atoms. The minimum atomic E-state index is -0.731. The molecule has 1 amide bonds. The molecular formula is C20H19N3O3. The molecule has 0 saturated heterocycles. The number of amides is 1. The van der Waals surface area contributed by atoms with Gasteiger partial charge in [-0.05, 0) is 24.1 Å². The Morgan fingerprint density at radius 3 is 2.35 bits per heavy atom. The fourth-order valence-corrected chi connectivity index (χ4v) is 2.66. The van der Waals surface area contributed by atoms with Crippen LogP contribution in [0.3, 0.4) is 0 Å². The molecule has 3 aromatic rings. The number of carbonyl (C=O) groups is 1. The molecule has 0 atom stereocenters.